The Morgan fingerprint density at radius 3 is 2.45 bits per heavy atom. The maximum Gasteiger partial charge on any atom is 0.354 e. The molecule has 0 aliphatic carbocycles. The summed E-state index contributed by atoms with van der Waals surface area (Å²) in [6.45, 7) is 1.71. The van der Waals surface area contributed by atoms with Crippen LogP contribution in [-0.2, 0) is 0 Å². The Hall–Kier alpha value is -2.28. The van der Waals surface area contributed by atoms with Gasteiger partial charge in [-0.05, 0) is 37.3 Å². The summed E-state index contributed by atoms with van der Waals surface area (Å²) in [5, 5.41) is 14.1. The summed E-state index contributed by atoms with van der Waals surface area (Å²) in [6, 6.07) is 8.09. The van der Waals surface area contributed by atoms with Crippen LogP contribution in [0.25, 0.3) is 0 Å². The Labute approximate surface area is 123 Å². The number of urea groups is 1. The van der Waals surface area contributed by atoms with Gasteiger partial charge in [0.25, 0.3) is 0 Å². The molecule has 4 N–H and O–H groups in total. The molecule has 2 amide bonds. The molecule has 0 aliphatic rings. The molecule has 0 aliphatic heterocycles. The van der Waals surface area contributed by atoms with E-state index in [0.717, 1.165) is 4.47 Å². The van der Waals surface area contributed by atoms with E-state index in [4.69, 9.17) is 5.11 Å². The third-order valence-corrected chi connectivity index (χ3v) is 3.05. The summed E-state index contributed by atoms with van der Waals surface area (Å²) in [7, 11) is 0. The largest absolute Gasteiger partial charge is 0.477 e. The van der Waals surface area contributed by atoms with Crippen molar-refractivity contribution in [2.24, 2.45) is 0 Å². The molecule has 0 fully saturated rings. The minimum Gasteiger partial charge on any atom is -0.477 e. The lowest BCUT2D eigenvalue weighted by Crippen LogP contribution is -2.20. The minimum atomic E-state index is -1.13. The highest BCUT2D eigenvalue weighted by atomic mass is 79.9. The van der Waals surface area contributed by atoms with Crippen LogP contribution in [0.2, 0.25) is 0 Å². The van der Waals surface area contributed by atoms with Gasteiger partial charge in [-0.25, -0.2) is 9.59 Å². The normalized spacial score (nSPS) is 10.1. The van der Waals surface area contributed by atoms with Crippen molar-refractivity contribution in [3.63, 3.8) is 0 Å². The van der Waals surface area contributed by atoms with Gasteiger partial charge in [-0.3, -0.25) is 0 Å². The minimum absolute atomic E-state index is 0.0477. The number of H-pyrrole nitrogens is 1. The summed E-state index contributed by atoms with van der Waals surface area (Å²) in [5.74, 6) is -1.13. The molecular formula is C13H12BrN3O3. The molecule has 0 atom stereocenters. The first-order chi connectivity index (χ1) is 9.45. The number of carboxylic acids is 1. The quantitative estimate of drug-likeness (QED) is 0.691. The number of aromatic carboxylic acids is 1. The Morgan fingerprint density at radius 1 is 1.20 bits per heavy atom. The summed E-state index contributed by atoms with van der Waals surface area (Å²) in [6.07, 6.45) is 0. The molecule has 2 aromatic rings. The topological polar surface area (TPSA) is 94.2 Å². The smallest absolute Gasteiger partial charge is 0.354 e. The number of aromatic nitrogens is 1. The van der Waals surface area contributed by atoms with Crippen molar-refractivity contribution in [1.82, 2.24) is 4.98 Å². The van der Waals surface area contributed by atoms with Crippen LogP contribution in [0.15, 0.2) is 34.8 Å². The average Bonchev–Trinajstić information content (AvgIpc) is 2.73. The van der Waals surface area contributed by atoms with E-state index in [2.05, 4.69) is 31.5 Å². The summed E-state index contributed by atoms with van der Waals surface area (Å²) in [4.78, 5) is 25.5. The SMILES string of the molecule is Cc1cc(NC(=O)Nc2ccc(Br)cc2)c(C(=O)O)[nH]1. The van der Waals surface area contributed by atoms with Crippen molar-refractivity contribution in [3.05, 3.63) is 46.2 Å². The van der Waals surface area contributed by atoms with Crippen molar-refractivity contribution in [2.75, 3.05) is 10.6 Å². The number of carbonyl (C=O) groups excluding carboxylic acids is 1. The van der Waals surface area contributed by atoms with Crippen molar-refractivity contribution >= 4 is 39.3 Å². The molecule has 0 bridgehead atoms. The zero-order valence-electron chi connectivity index (χ0n) is 10.5. The lowest BCUT2D eigenvalue weighted by molar-refractivity contribution is 0.0692. The number of hydrogen-bond donors (Lipinski definition) is 4. The molecule has 20 heavy (non-hydrogen) atoms. The van der Waals surface area contributed by atoms with Crippen molar-refractivity contribution in [3.8, 4) is 0 Å². The molecule has 0 spiro atoms. The lowest BCUT2D eigenvalue weighted by atomic mass is 10.3. The van der Waals surface area contributed by atoms with E-state index in [1.807, 2.05) is 0 Å². The van der Waals surface area contributed by atoms with Crippen LogP contribution in [0.5, 0.6) is 0 Å². The van der Waals surface area contributed by atoms with Crippen LogP contribution in [0, 0.1) is 6.92 Å². The molecular weight excluding hydrogens is 326 g/mol. The molecule has 0 saturated heterocycles. The fourth-order valence-corrected chi connectivity index (χ4v) is 1.94. The number of aromatic amines is 1. The van der Waals surface area contributed by atoms with Crippen molar-refractivity contribution in [2.45, 2.75) is 6.92 Å². The number of nitrogens with one attached hydrogen (secondary N) is 3. The van der Waals surface area contributed by atoms with E-state index in [1.165, 1.54) is 0 Å². The fourth-order valence-electron chi connectivity index (χ4n) is 1.67. The van der Waals surface area contributed by atoms with E-state index in [-0.39, 0.29) is 11.4 Å². The summed E-state index contributed by atoms with van der Waals surface area (Å²) < 4.78 is 0.901. The third kappa shape index (κ3) is 3.39. The summed E-state index contributed by atoms with van der Waals surface area (Å²) in [5.41, 5.74) is 1.44. The molecule has 2 rings (SSSR count). The standard InChI is InChI=1S/C13H12BrN3O3/c1-7-6-10(11(15-7)12(18)19)17-13(20)16-9-4-2-8(14)3-5-9/h2-6,15H,1H3,(H,18,19)(H2,16,17,20). The number of benzene rings is 1. The van der Waals surface area contributed by atoms with Gasteiger partial charge in [-0.2, -0.15) is 0 Å². The van der Waals surface area contributed by atoms with Gasteiger partial charge in [0, 0.05) is 15.9 Å². The Kier molecular flexibility index (Phi) is 4.09. The maximum absolute atomic E-state index is 11.8. The predicted octanol–water partition coefficient (Wildman–Crippen LogP) is 3.43. The Balaban J connectivity index is 2.08. The van der Waals surface area contributed by atoms with Crippen LogP contribution >= 0.6 is 15.9 Å². The number of anilines is 2. The second-order valence-electron chi connectivity index (χ2n) is 4.13. The van der Waals surface area contributed by atoms with E-state index in [0.29, 0.717) is 11.4 Å². The number of rotatable bonds is 3. The zero-order chi connectivity index (χ0) is 14.7. The highest BCUT2D eigenvalue weighted by molar-refractivity contribution is 9.10. The second kappa shape index (κ2) is 5.79. The van der Waals surface area contributed by atoms with Crippen LogP contribution < -0.4 is 10.6 Å². The lowest BCUT2D eigenvalue weighted by Gasteiger charge is -2.07. The van der Waals surface area contributed by atoms with E-state index >= 15 is 0 Å². The average molecular weight is 338 g/mol. The Bertz CT molecular complexity index is 649. The molecule has 0 radical (unpaired) electrons. The first kappa shape index (κ1) is 14.1. The van der Waals surface area contributed by atoms with Crippen LogP contribution in [0.3, 0.4) is 0 Å². The third-order valence-electron chi connectivity index (χ3n) is 2.52. The van der Waals surface area contributed by atoms with Gasteiger partial charge in [-0.1, -0.05) is 15.9 Å². The molecule has 1 aromatic heterocycles. The van der Waals surface area contributed by atoms with Crippen LogP contribution in [0.1, 0.15) is 16.2 Å². The molecule has 0 saturated carbocycles. The molecule has 1 aromatic carbocycles. The van der Waals surface area contributed by atoms with Gasteiger partial charge >= 0.3 is 12.0 Å². The molecule has 6 nitrogen and oxygen atoms in total. The highest BCUT2D eigenvalue weighted by Gasteiger charge is 2.15. The van der Waals surface area contributed by atoms with E-state index in [9.17, 15) is 9.59 Å². The number of halogens is 1. The molecule has 0 unspecified atom stereocenters. The zero-order valence-corrected chi connectivity index (χ0v) is 12.1. The van der Waals surface area contributed by atoms with E-state index < -0.39 is 12.0 Å². The number of hydrogen-bond acceptors (Lipinski definition) is 2. The van der Waals surface area contributed by atoms with Gasteiger partial charge < -0.3 is 20.7 Å². The molecule has 104 valence electrons. The van der Waals surface area contributed by atoms with Crippen molar-refractivity contribution < 1.29 is 14.7 Å². The van der Waals surface area contributed by atoms with Gasteiger partial charge in [0.2, 0.25) is 0 Å². The molecule has 1 heterocycles. The van der Waals surface area contributed by atoms with Gasteiger partial charge in [0.1, 0.15) is 5.69 Å². The molecule has 7 heteroatoms. The van der Waals surface area contributed by atoms with Gasteiger partial charge in [-0.15, -0.1) is 0 Å². The van der Waals surface area contributed by atoms with Crippen LogP contribution in [-0.4, -0.2) is 22.1 Å². The number of aryl methyl sites for hydroxylation is 1. The monoisotopic (exact) mass is 337 g/mol. The van der Waals surface area contributed by atoms with Crippen LogP contribution in [0.4, 0.5) is 16.2 Å². The summed E-state index contributed by atoms with van der Waals surface area (Å²) >= 11 is 3.30. The predicted molar refractivity (Wildman–Crippen MR) is 79.3 cm³/mol. The van der Waals surface area contributed by atoms with Gasteiger partial charge in [0.05, 0.1) is 5.69 Å². The number of amides is 2. The van der Waals surface area contributed by atoms with Gasteiger partial charge in [0.15, 0.2) is 0 Å². The maximum atomic E-state index is 11.8. The Morgan fingerprint density at radius 2 is 1.85 bits per heavy atom. The highest BCUT2D eigenvalue weighted by Crippen LogP contribution is 2.18. The van der Waals surface area contributed by atoms with E-state index in [1.54, 1.807) is 37.3 Å². The van der Waals surface area contributed by atoms with Crippen molar-refractivity contribution in [1.29, 1.82) is 0 Å². The first-order valence-corrected chi connectivity index (χ1v) is 6.51. The first-order valence-electron chi connectivity index (χ1n) is 5.72. The fraction of sp³-hybridized carbons (Fsp3) is 0.0769. The second-order valence-corrected chi connectivity index (χ2v) is 5.05. The number of carbonyl (C=O) groups is 2. The number of carboxylic acid groups (broad SMARTS) is 1.